The number of nitrogens with zero attached hydrogens (tertiary/aromatic N) is 4. The molecule has 0 saturated carbocycles. The summed E-state index contributed by atoms with van der Waals surface area (Å²) in [5.74, 6) is 0.628. The van der Waals surface area contributed by atoms with Crippen molar-refractivity contribution >= 4 is 22.8 Å². The molecular formula is C24H30N6O2. The van der Waals surface area contributed by atoms with Crippen LogP contribution in [0.5, 0.6) is 0 Å². The van der Waals surface area contributed by atoms with Crippen LogP contribution in [0, 0.1) is 0 Å². The van der Waals surface area contributed by atoms with Crippen LogP contribution in [0.25, 0.3) is 11.0 Å². The standard InChI is InChI=1S/C24H30N6O2/c1-25-24(32)21-16-29(15-18-8-4-3-5-9-18)12-13-30(21)17-23(31)26-14-22-27-19-10-6-7-11-20(19)28(22)2/h3-11,21H,12-17H2,1-2H3,(H,25,32)(H,26,31)/t21-/m1/s1. The Kier molecular flexibility index (Phi) is 6.82. The van der Waals surface area contributed by atoms with Crippen molar-refractivity contribution in [3.63, 3.8) is 0 Å². The quantitative estimate of drug-likeness (QED) is 0.583. The minimum Gasteiger partial charge on any atom is -0.358 e. The predicted molar refractivity (Wildman–Crippen MR) is 124 cm³/mol. The number of carbonyl (C=O) groups excluding carboxylic acids is 2. The fourth-order valence-corrected chi connectivity index (χ4v) is 4.24. The third kappa shape index (κ3) is 4.98. The molecule has 0 spiro atoms. The minimum absolute atomic E-state index is 0.0640. The first-order valence-electron chi connectivity index (χ1n) is 10.9. The summed E-state index contributed by atoms with van der Waals surface area (Å²) in [5.41, 5.74) is 3.16. The summed E-state index contributed by atoms with van der Waals surface area (Å²) >= 11 is 0. The number of amides is 2. The molecule has 1 fully saturated rings. The van der Waals surface area contributed by atoms with Gasteiger partial charge in [0.15, 0.2) is 0 Å². The van der Waals surface area contributed by atoms with Gasteiger partial charge in [0.05, 0.1) is 24.1 Å². The van der Waals surface area contributed by atoms with Crippen LogP contribution in [0.4, 0.5) is 0 Å². The number of hydrogen-bond donors (Lipinski definition) is 2. The van der Waals surface area contributed by atoms with E-state index in [2.05, 4.69) is 32.7 Å². The van der Waals surface area contributed by atoms with Gasteiger partial charge in [0.2, 0.25) is 11.8 Å². The fourth-order valence-electron chi connectivity index (χ4n) is 4.24. The van der Waals surface area contributed by atoms with E-state index in [1.807, 2.05) is 59.0 Å². The van der Waals surface area contributed by atoms with Crippen molar-refractivity contribution in [1.29, 1.82) is 0 Å². The lowest BCUT2D eigenvalue weighted by molar-refractivity contribution is -0.131. The number of fused-ring (bicyclic) bond motifs is 1. The number of hydrogen-bond acceptors (Lipinski definition) is 5. The Morgan fingerprint density at radius 3 is 2.56 bits per heavy atom. The molecule has 2 N–H and O–H groups in total. The molecule has 168 valence electrons. The van der Waals surface area contributed by atoms with Gasteiger partial charge in [0, 0.05) is 40.3 Å². The number of carbonyl (C=O) groups is 2. The molecule has 1 saturated heterocycles. The molecule has 0 radical (unpaired) electrons. The van der Waals surface area contributed by atoms with E-state index in [-0.39, 0.29) is 24.4 Å². The molecule has 8 nitrogen and oxygen atoms in total. The van der Waals surface area contributed by atoms with Crippen molar-refractivity contribution in [3.8, 4) is 0 Å². The Morgan fingerprint density at radius 1 is 1.06 bits per heavy atom. The summed E-state index contributed by atoms with van der Waals surface area (Å²) in [6.07, 6.45) is 0. The molecule has 1 atom stereocenters. The number of likely N-dealkylation sites (N-methyl/N-ethyl adjacent to an activating group) is 1. The largest absolute Gasteiger partial charge is 0.358 e. The lowest BCUT2D eigenvalue weighted by Gasteiger charge is -2.40. The first kappa shape index (κ1) is 22.0. The van der Waals surface area contributed by atoms with Crippen LogP contribution < -0.4 is 10.6 Å². The second kappa shape index (κ2) is 9.93. The summed E-state index contributed by atoms with van der Waals surface area (Å²) in [6, 6.07) is 17.8. The highest BCUT2D eigenvalue weighted by Gasteiger charge is 2.32. The van der Waals surface area contributed by atoms with Gasteiger partial charge in [0.1, 0.15) is 11.9 Å². The third-order valence-electron chi connectivity index (χ3n) is 6.04. The highest BCUT2D eigenvalue weighted by atomic mass is 16.2. The zero-order valence-electron chi connectivity index (χ0n) is 18.6. The monoisotopic (exact) mass is 434 g/mol. The van der Waals surface area contributed by atoms with Gasteiger partial charge in [0.25, 0.3) is 0 Å². The molecule has 0 unspecified atom stereocenters. The Labute approximate surface area is 188 Å². The SMILES string of the molecule is CNC(=O)[C@H]1CN(Cc2ccccc2)CCN1CC(=O)NCc1nc2ccccc2n1C. The number of piperazine rings is 1. The summed E-state index contributed by atoms with van der Waals surface area (Å²) in [7, 11) is 3.59. The van der Waals surface area contributed by atoms with Crippen molar-refractivity contribution in [2.75, 3.05) is 33.2 Å². The molecule has 1 aliphatic rings. The molecule has 2 amide bonds. The molecule has 0 aliphatic carbocycles. The van der Waals surface area contributed by atoms with Crippen molar-refractivity contribution in [2.24, 2.45) is 7.05 Å². The van der Waals surface area contributed by atoms with Gasteiger partial charge in [-0.15, -0.1) is 0 Å². The van der Waals surface area contributed by atoms with E-state index in [4.69, 9.17) is 0 Å². The smallest absolute Gasteiger partial charge is 0.238 e. The Bertz CT molecular complexity index is 1080. The summed E-state index contributed by atoms with van der Waals surface area (Å²) < 4.78 is 1.99. The number of rotatable bonds is 7. The van der Waals surface area contributed by atoms with Crippen LogP contribution in [0.1, 0.15) is 11.4 Å². The Morgan fingerprint density at radius 2 is 1.81 bits per heavy atom. The molecule has 1 aliphatic heterocycles. The maximum Gasteiger partial charge on any atom is 0.238 e. The number of para-hydroxylation sites is 2. The first-order chi connectivity index (χ1) is 15.5. The second-order valence-corrected chi connectivity index (χ2v) is 8.17. The lowest BCUT2D eigenvalue weighted by atomic mass is 10.1. The zero-order valence-corrected chi connectivity index (χ0v) is 18.6. The summed E-state index contributed by atoms with van der Waals surface area (Å²) in [6.45, 7) is 3.38. The fraction of sp³-hybridized carbons (Fsp3) is 0.375. The highest BCUT2D eigenvalue weighted by molar-refractivity contribution is 5.84. The molecule has 0 bridgehead atoms. The van der Waals surface area contributed by atoms with Gasteiger partial charge < -0.3 is 15.2 Å². The molecule has 2 aromatic carbocycles. The van der Waals surface area contributed by atoms with E-state index < -0.39 is 0 Å². The Balaban J connectivity index is 1.35. The van der Waals surface area contributed by atoms with Gasteiger partial charge in [-0.25, -0.2) is 4.98 Å². The van der Waals surface area contributed by atoms with Gasteiger partial charge in [-0.2, -0.15) is 0 Å². The van der Waals surface area contributed by atoms with E-state index >= 15 is 0 Å². The topological polar surface area (TPSA) is 82.5 Å². The highest BCUT2D eigenvalue weighted by Crippen LogP contribution is 2.15. The second-order valence-electron chi connectivity index (χ2n) is 8.17. The number of aromatic nitrogens is 2. The van der Waals surface area contributed by atoms with Crippen molar-refractivity contribution < 1.29 is 9.59 Å². The lowest BCUT2D eigenvalue weighted by Crippen LogP contribution is -2.60. The normalized spacial score (nSPS) is 17.4. The molecule has 3 aromatic rings. The van der Waals surface area contributed by atoms with E-state index in [0.29, 0.717) is 19.6 Å². The van der Waals surface area contributed by atoms with E-state index in [9.17, 15) is 9.59 Å². The number of benzene rings is 2. The van der Waals surface area contributed by atoms with Gasteiger partial charge in [-0.05, 0) is 17.7 Å². The first-order valence-corrected chi connectivity index (χ1v) is 10.9. The van der Waals surface area contributed by atoms with Crippen molar-refractivity contribution in [2.45, 2.75) is 19.1 Å². The molecule has 8 heteroatoms. The van der Waals surface area contributed by atoms with Gasteiger partial charge >= 0.3 is 0 Å². The van der Waals surface area contributed by atoms with E-state index in [1.54, 1.807) is 7.05 Å². The van der Waals surface area contributed by atoms with Crippen LogP contribution in [-0.4, -0.2) is 70.4 Å². The van der Waals surface area contributed by atoms with Crippen molar-refractivity contribution in [3.05, 3.63) is 66.0 Å². The maximum atomic E-state index is 12.7. The summed E-state index contributed by atoms with van der Waals surface area (Å²) in [5, 5.41) is 5.72. The number of nitrogens with one attached hydrogen (secondary N) is 2. The van der Waals surface area contributed by atoms with Gasteiger partial charge in [-0.3, -0.25) is 19.4 Å². The van der Waals surface area contributed by atoms with Crippen LogP contribution >= 0.6 is 0 Å². The van der Waals surface area contributed by atoms with Crippen LogP contribution in [0.2, 0.25) is 0 Å². The van der Waals surface area contributed by atoms with Crippen LogP contribution in [0.3, 0.4) is 0 Å². The maximum absolute atomic E-state index is 12.7. The predicted octanol–water partition coefficient (Wildman–Crippen LogP) is 1.12. The summed E-state index contributed by atoms with van der Waals surface area (Å²) in [4.78, 5) is 34.1. The van der Waals surface area contributed by atoms with Crippen LogP contribution in [-0.2, 0) is 29.7 Å². The molecule has 32 heavy (non-hydrogen) atoms. The van der Waals surface area contributed by atoms with Gasteiger partial charge in [-0.1, -0.05) is 42.5 Å². The number of aryl methyl sites for hydroxylation is 1. The number of imidazole rings is 1. The minimum atomic E-state index is -0.362. The average molecular weight is 435 g/mol. The molecular weight excluding hydrogens is 404 g/mol. The molecule has 2 heterocycles. The average Bonchev–Trinajstić information content (AvgIpc) is 3.14. The van der Waals surface area contributed by atoms with Crippen LogP contribution in [0.15, 0.2) is 54.6 Å². The molecule has 4 rings (SSSR count). The van der Waals surface area contributed by atoms with Crippen molar-refractivity contribution in [1.82, 2.24) is 30.0 Å². The zero-order chi connectivity index (χ0) is 22.5. The van der Waals surface area contributed by atoms with E-state index in [0.717, 1.165) is 29.9 Å². The van der Waals surface area contributed by atoms with E-state index in [1.165, 1.54) is 5.56 Å². The molecule has 1 aromatic heterocycles. The third-order valence-corrected chi connectivity index (χ3v) is 6.04. The Hall–Kier alpha value is -3.23.